The highest BCUT2D eigenvalue weighted by atomic mass is 16.9. The number of carbonyl (C=O) groups excluding carboxylic acids is 1. The van der Waals surface area contributed by atoms with Gasteiger partial charge in [-0.05, 0) is 12.1 Å². The summed E-state index contributed by atoms with van der Waals surface area (Å²) in [5.74, 6) is -0.391. The number of hydrogen-bond acceptors (Lipinski definition) is 5. The Balaban J connectivity index is 1.99. The van der Waals surface area contributed by atoms with E-state index in [0.717, 1.165) is 10.9 Å². The van der Waals surface area contributed by atoms with Crippen molar-refractivity contribution in [2.45, 2.75) is 0 Å². The van der Waals surface area contributed by atoms with Gasteiger partial charge in [-0.25, -0.2) is 4.98 Å². The first-order valence-electron chi connectivity index (χ1n) is 5.58. The Morgan fingerprint density at radius 2 is 2.11 bits per heavy atom. The molecule has 0 unspecified atom stereocenters. The topological polar surface area (TPSA) is 94.4 Å². The molecule has 1 amide bonds. The van der Waals surface area contributed by atoms with E-state index >= 15 is 0 Å². The third-order valence-corrected chi connectivity index (χ3v) is 2.42. The molecular weight excluding hydrogens is 250 g/mol. The number of para-hydroxylation sites is 1. The average Bonchev–Trinajstić information content (AvgIpc) is 2.42. The van der Waals surface area contributed by atoms with Crippen molar-refractivity contribution in [1.82, 2.24) is 10.3 Å². The molecule has 1 N–H and O–H groups in total. The first-order chi connectivity index (χ1) is 9.16. The molecular formula is C12H11N3O4. The standard InChI is InChI=1S/C12H11N3O4/c16-12(13-7-8-19-15(17)18)11-6-5-9-3-1-2-4-10(9)14-11/h1-6H,7-8H2,(H,13,16). The van der Waals surface area contributed by atoms with Crippen molar-refractivity contribution < 1.29 is 14.7 Å². The van der Waals surface area contributed by atoms with Gasteiger partial charge in [0.25, 0.3) is 11.0 Å². The van der Waals surface area contributed by atoms with Crippen LogP contribution in [0.5, 0.6) is 0 Å². The lowest BCUT2D eigenvalue weighted by Crippen LogP contribution is -2.28. The maximum atomic E-state index is 11.7. The van der Waals surface area contributed by atoms with Crippen molar-refractivity contribution in [2.75, 3.05) is 13.2 Å². The molecule has 7 nitrogen and oxygen atoms in total. The van der Waals surface area contributed by atoms with E-state index in [1.807, 2.05) is 24.3 Å². The summed E-state index contributed by atoms with van der Waals surface area (Å²) in [6.45, 7) is -0.138. The highest BCUT2D eigenvalue weighted by molar-refractivity contribution is 5.94. The van der Waals surface area contributed by atoms with Gasteiger partial charge in [0.2, 0.25) is 0 Å². The Hall–Kier alpha value is -2.70. The Morgan fingerprint density at radius 1 is 1.32 bits per heavy atom. The molecule has 0 spiro atoms. The molecule has 19 heavy (non-hydrogen) atoms. The molecule has 0 saturated heterocycles. The fourth-order valence-electron chi connectivity index (χ4n) is 1.57. The predicted octanol–water partition coefficient (Wildman–Crippen LogP) is 1.17. The van der Waals surface area contributed by atoms with Crippen LogP contribution in [0.3, 0.4) is 0 Å². The van der Waals surface area contributed by atoms with E-state index in [2.05, 4.69) is 15.1 Å². The van der Waals surface area contributed by atoms with Gasteiger partial charge in [-0.15, -0.1) is 10.1 Å². The smallest absolute Gasteiger partial charge is 0.294 e. The molecule has 0 fully saturated rings. The van der Waals surface area contributed by atoms with E-state index in [4.69, 9.17) is 0 Å². The molecule has 0 bridgehead atoms. The first kappa shape index (κ1) is 12.7. The van der Waals surface area contributed by atoms with Gasteiger partial charge in [-0.1, -0.05) is 24.3 Å². The molecule has 1 aromatic heterocycles. The van der Waals surface area contributed by atoms with Crippen molar-refractivity contribution >= 4 is 16.8 Å². The van der Waals surface area contributed by atoms with Gasteiger partial charge in [-0.2, -0.15) is 0 Å². The van der Waals surface area contributed by atoms with Gasteiger partial charge in [0.1, 0.15) is 12.3 Å². The largest absolute Gasteiger partial charge is 0.349 e. The first-order valence-corrected chi connectivity index (χ1v) is 5.58. The molecule has 2 rings (SSSR count). The zero-order chi connectivity index (χ0) is 13.7. The lowest BCUT2D eigenvalue weighted by molar-refractivity contribution is -0.757. The van der Waals surface area contributed by atoms with Crippen LogP contribution in [0.2, 0.25) is 0 Å². The van der Waals surface area contributed by atoms with E-state index in [9.17, 15) is 14.9 Å². The highest BCUT2D eigenvalue weighted by Gasteiger charge is 2.07. The Labute approximate surface area is 108 Å². The van der Waals surface area contributed by atoms with E-state index in [1.165, 1.54) is 0 Å². The molecule has 0 aliphatic carbocycles. The normalized spacial score (nSPS) is 10.1. The molecule has 98 valence electrons. The molecule has 7 heteroatoms. The molecule has 2 aromatic rings. The third kappa shape index (κ3) is 3.38. The van der Waals surface area contributed by atoms with Gasteiger partial charge in [0, 0.05) is 11.9 Å². The number of pyridine rings is 1. The monoisotopic (exact) mass is 261 g/mol. The zero-order valence-electron chi connectivity index (χ0n) is 9.91. The summed E-state index contributed by atoms with van der Waals surface area (Å²) in [7, 11) is 0. The van der Waals surface area contributed by atoms with Gasteiger partial charge in [0.05, 0.1) is 5.52 Å². The summed E-state index contributed by atoms with van der Waals surface area (Å²) >= 11 is 0. The number of nitrogens with one attached hydrogen (secondary N) is 1. The lowest BCUT2D eigenvalue weighted by atomic mass is 10.2. The summed E-state index contributed by atoms with van der Waals surface area (Å²) in [6.07, 6.45) is 0. The summed E-state index contributed by atoms with van der Waals surface area (Å²) < 4.78 is 0. The van der Waals surface area contributed by atoms with Crippen molar-refractivity contribution in [3.05, 3.63) is 52.2 Å². The van der Waals surface area contributed by atoms with E-state index < -0.39 is 11.0 Å². The molecule has 1 heterocycles. The molecule has 0 atom stereocenters. The summed E-state index contributed by atoms with van der Waals surface area (Å²) in [6, 6.07) is 10.8. The molecule has 0 aliphatic heterocycles. The van der Waals surface area contributed by atoms with Crippen LogP contribution in [0.1, 0.15) is 10.5 Å². The molecule has 1 aromatic carbocycles. The minimum absolute atomic E-state index is 0.0499. The Kier molecular flexibility index (Phi) is 3.87. The van der Waals surface area contributed by atoms with Gasteiger partial charge >= 0.3 is 0 Å². The van der Waals surface area contributed by atoms with Crippen LogP contribution in [0, 0.1) is 10.1 Å². The Bertz CT molecular complexity index is 615. The van der Waals surface area contributed by atoms with Crippen molar-refractivity contribution in [3.8, 4) is 0 Å². The maximum Gasteiger partial charge on any atom is 0.294 e. The van der Waals surface area contributed by atoms with Crippen LogP contribution in [0.25, 0.3) is 10.9 Å². The van der Waals surface area contributed by atoms with Gasteiger partial charge in [-0.3, -0.25) is 4.79 Å². The number of amides is 1. The van der Waals surface area contributed by atoms with Gasteiger partial charge < -0.3 is 10.2 Å². The lowest BCUT2D eigenvalue weighted by Gasteiger charge is -2.04. The molecule has 0 radical (unpaired) electrons. The number of hydrogen-bond donors (Lipinski definition) is 1. The second-order valence-corrected chi connectivity index (χ2v) is 3.70. The third-order valence-electron chi connectivity index (χ3n) is 2.42. The second-order valence-electron chi connectivity index (χ2n) is 3.70. The zero-order valence-corrected chi connectivity index (χ0v) is 9.91. The highest BCUT2D eigenvalue weighted by Crippen LogP contribution is 2.11. The fraction of sp³-hybridized carbons (Fsp3) is 0.167. The number of carbonyl (C=O) groups is 1. The van der Waals surface area contributed by atoms with Crippen molar-refractivity contribution in [1.29, 1.82) is 0 Å². The van der Waals surface area contributed by atoms with Crippen LogP contribution >= 0.6 is 0 Å². The quantitative estimate of drug-likeness (QED) is 0.495. The van der Waals surface area contributed by atoms with Gasteiger partial charge in [0.15, 0.2) is 0 Å². The van der Waals surface area contributed by atoms with Crippen molar-refractivity contribution in [2.24, 2.45) is 0 Å². The van der Waals surface area contributed by atoms with Crippen LogP contribution in [-0.4, -0.2) is 29.1 Å². The maximum absolute atomic E-state index is 11.7. The van der Waals surface area contributed by atoms with Crippen LogP contribution < -0.4 is 5.32 Å². The number of nitrogens with zero attached hydrogens (tertiary/aromatic N) is 2. The van der Waals surface area contributed by atoms with Crippen LogP contribution in [0.4, 0.5) is 0 Å². The summed E-state index contributed by atoms with van der Waals surface area (Å²) in [5, 5.41) is 12.4. The molecule has 0 aliphatic rings. The number of fused-ring (bicyclic) bond motifs is 1. The summed E-state index contributed by atoms with van der Waals surface area (Å²) in [5.41, 5.74) is 0.983. The molecule has 0 saturated carbocycles. The Morgan fingerprint density at radius 3 is 2.89 bits per heavy atom. The van der Waals surface area contributed by atoms with Crippen molar-refractivity contribution in [3.63, 3.8) is 0 Å². The van der Waals surface area contributed by atoms with Crippen LogP contribution in [-0.2, 0) is 4.84 Å². The second kappa shape index (κ2) is 5.76. The fourth-order valence-corrected chi connectivity index (χ4v) is 1.57. The van der Waals surface area contributed by atoms with Crippen LogP contribution in [0.15, 0.2) is 36.4 Å². The average molecular weight is 261 g/mol. The number of aromatic nitrogens is 1. The van der Waals surface area contributed by atoms with E-state index in [1.54, 1.807) is 12.1 Å². The minimum atomic E-state index is -0.902. The predicted molar refractivity (Wildman–Crippen MR) is 67.0 cm³/mol. The SMILES string of the molecule is O=C(NCCO[N+](=O)[O-])c1ccc2ccccc2n1. The summed E-state index contributed by atoms with van der Waals surface area (Å²) in [4.78, 5) is 29.9. The van der Waals surface area contributed by atoms with E-state index in [-0.39, 0.29) is 18.8 Å². The number of rotatable bonds is 5. The van der Waals surface area contributed by atoms with E-state index in [0.29, 0.717) is 0 Å². The minimum Gasteiger partial charge on any atom is -0.349 e. The number of benzene rings is 1.